The van der Waals surface area contributed by atoms with Gasteiger partial charge < -0.3 is 0 Å². The SMILES string of the molecule is C=C(CCC)C(=C)CC/C=C/C. The summed E-state index contributed by atoms with van der Waals surface area (Å²) in [6, 6.07) is 0. The highest BCUT2D eigenvalue weighted by Crippen LogP contribution is 2.16. The molecule has 0 unspecified atom stereocenters. The van der Waals surface area contributed by atoms with Gasteiger partial charge in [0.05, 0.1) is 0 Å². The number of hydrogen-bond donors (Lipinski definition) is 0. The van der Waals surface area contributed by atoms with E-state index in [4.69, 9.17) is 0 Å². The zero-order valence-corrected chi connectivity index (χ0v) is 8.40. The second kappa shape index (κ2) is 6.90. The molecule has 0 heterocycles. The van der Waals surface area contributed by atoms with E-state index >= 15 is 0 Å². The third-order valence-electron chi connectivity index (χ3n) is 1.90. The molecule has 0 amide bonds. The van der Waals surface area contributed by atoms with Crippen molar-refractivity contribution in [3.63, 3.8) is 0 Å². The van der Waals surface area contributed by atoms with Gasteiger partial charge in [0.15, 0.2) is 0 Å². The van der Waals surface area contributed by atoms with Gasteiger partial charge in [0, 0.05) is 0 Å². The first-order valence-corrected chi connectivity index (χ1v) is 4.69. The maximum atomic E-state index is 4.01. The van der Waals surface area contributed by atoms with Gasteiger partial charge in [-0.05, 0) is 26.2 Å². The molecule has 12 heavy (non-hydrogen) atoms. The molecule has 0 aliphatic carbocycles. The minimum atomic E-state index is 1.06. The third-order valence-corrected chi connectivity index (χ3v) is 1.90. The first-order chi connectivity index (χ1) is 5.72. The summed E-state index contributed by atoms with van der Waals surface area (Å²) in [5.74, 6) is 0. The van der Waals surface area contributed by atoms with Crippen LogP contribution in [-0.2, 0) is 0 Å². The van der Waals surface area contributed by atoms with Crippen molar-refractivity contribution >= 4 is 0 Å². The van der Waals surface area contributed by atoms with Crippen LogP contribution in [0.4, 0.5) is 0 Å². The van der Waals surface area contributed by atoms with Crippen LogP contribution in [0, 0.1) is 0 Å². The van der Waals surface area contributed by atoms with Gasteiger partial charge in [0.25, 0.3) is 0 Å². The van der Waals surface area contributed by atoms with Crippen molar-refractivity contribution in [3.8, 4) is 0 Å². The Kier molecular flexibility index (Phi) is 6.45. The average Bonchev–Trinajstić information content (AvgIpc) is 2.05. The second-order valence-electron chi connectivity index (χ2n) is 3.06. The van der Waals surface area contributed by atoms with E-state index in [0.717, 1.165) is 19.3 Å². The maximum Gasteiger partial charge on any atom is -0.0248 e. The van der Waals surface area contributed by atoms with Gasteiger partial charge in [-0.2, -0.15) is 0 Å². The fourth-order valence-corrected chi connectivity index (χ4v) is 1.08. The van der Waals surface area contributed by atoms with Crippen molar-refractivity contribution in [1.29, 1.82) is 0 Å². The molecule has 68 valence electrons. The molecule has 0 saturated heterocycles. The Hall–Kier alpha value is -0.780. The third kappa shape index (κ3) is 4.95. The van der Waals surface area contributed by atoms with E-state index < -0.39 is 0 Å². The van der Waals surface area contributed by atoms with Crippen molar-refractivity contribution < 1.29 is 0 Å². The Labute approximate surface area is 76.7 Å². The van der Waals surface area contributed by atoms with E-state index in [9.17, 15) is 0 Å². The first kappa shape index (κ1) is 11.2. The van der Waals surface area contributed by atoms with Crippen molar-refractivity contribution in [2.45, 2.75) is 39.5 Å². The molecule has 0 heteroatoms. The number of allylic oxidation sites excluding steroid dienone is 4. The summed E-state index contributed by atoms with van der Waals surface area (Å²) in [4.78, 5) is 0. The molecule has 0 aromatic rings. The minimum absolute atomic E-state index is 1.06. The Morgan fingerprint density at radius 3 is 2.25 bits per heavy atom. The predicted molar refractivity (Wildman–Crippen MR) is 57.2 cm³/mol. The van der Waals surface area contributed by atoms with E-state index in [2.05, 4.69) is 32.2 Å². The quantitative estimate of drug-likeness (QED) is 0.406. The lowest BCUT2D eigenvalue weighted by Gasteiger charge is -2.05. The zero-order chi connectivity index (χ0) is 9.40. The normalized spacial score (nSPS) is 10.5. The summed E-state index contributed by atoms with van der Waals surface area (Å²) in [7, 11) is 0. The fourth-order valence-electron chi connectivity index (χ4n) is 1.08. The lowest BCUT2D eigenvalue weighted by atomic mass is 10.0. The van der Waals surface area contributed by atoms with Crippen molar-refractivity contribution in [2.24, 2.45) is 0 Å². The molecule has 0 spiro atoms. The molecule has 0 aromatic heterocycles. The van der Waals surface area contributed by atoms with Gasteiger partial charge in [0.2, 0.25) is 0 Å². The monoisotopic (exact) mass is 164 g/mol. The standard InChI is InChI=1S/C12H20/c1-5-7-8-10-12(4)11(3)9-6-2/h5,7H,3-4,6,8-10H2,1-2H3/b7-5+. The van der Waals surface area contributed by atoms with Crippen LogP contribution in [0.15, 0.2) is 36.5 Å². The number of hydrogen-bond acceptors (Lipinski definition) is 0. The largest absolute Gasteiger partial charge is 0.0956 e. The number of rotatable bonds is 6. The lowest BCUT2D eigenvalue weighted by molar-refractivity contribution is 0.882. The van der Waals surface area contributed by atoms with Crippen molar-refractivity contribution in [2.75, 3.05) is 0 Å². The molecule has 0 rings (SSSR count). The van der Waals surface area contributed by atoms with Crippen LogP contribution >= 0.6 is 0 Å². The minimum Gasteiger partial charge on any atom is -0.0956 e. The predicted octanol–water partition coefficient (Wildman–Crippen LogP) is 4.26. The molecule has 0 atom stereocenters. The van der Waals surface area contributed by atoms with Gasteiger partial charge >= 0.3 is 0 Å². The molecule has 0 saturated carbocycles. The van der Waals surface area contributed by atoms with Crippen LogP contribution in [0.1, 0.15) is 39.5 Å². The van der Waals surface area contributed by atoms with Gasteiger partial charge in [-0.15, -0.1) is 0 Å². The van der Waals surface area contributed by atoms with E-state index in [1.807, 2.05) is 6.92 Å². The molecule has 0 N–H and O–H groups in total. The maximum absolute atomic E-state index is 4.01. The van der Waals surface area contributed by atoms with Gasteiger partial charge in [-0.25, -0.2) is 0 Å². The van der Waals surface area contributed by atoms with Crippen LogP contribution in [0.5, 0.6) is 0 Å². The molecule has 0 radical (unpaired) electrons. The smallest absolute Gasteiger partial charge is 0.0248 e. The summed E-state index contributed by atoms with van der Waals surface area (Å²) in [6.07, 6.45) is 8.66. The van der Waals surface area contributed by atoms with Crippen molar-refractivity contribution in [1.82, 2.24) is 0 Å². The van der Waals surface area contributed by atoms with Gasteiger partial charge in [0.1, 0.15) is 0 Å². The first-order valence-electron chi connectivity index (χ1n) is 4.69. The summed E-state index contributed by atoms with van der Waals surface area (Å²) in [6.45, 7) is 12.2. The van der Waals surface area contributed by atoms with Crippen LogP contribution < -0.4 is 0 Å². The highest BCUT2D eigenvalue weighted by molar-refractivity contribution is 5.25. The highest BCUT2D eigenvalue weighted by Gasteiger charge is 1.97. The van der Waals surface area contributed by atoms with Crippen LogP contribution in [0.2, 0.25) is 0 Å². The summed E-state index contributed by atoms with van der Waals surface area (Å²) < 4.78 is 0. The van der Waals surface area contributed by atoms with Crippen molar-refractivity contribution in [3.05, 3.63) is 36.5 Å². The molecular weight excluding hydrogens is 144 g/mol. The summed E-state index contributed by atoms with van der Waals surface area (Å²) in [5.41, 5.74) is 2.44. The van der Waals surface area contributed by atoms with Crippen LogP contribution in [0.25, 0.3) is 0 Å². The Bertz CT molecular complexity index is 172. The van der Waals surface area contributed by atoms with Gasteiger partial charge in [-0.3, -0.25) is 0 Å². The molecule has 0 bridgehead atoms. The topological polar surface area (TPSA) is 0 Å². The van der Waals surface area contributed by atoms with Crippen LogP contribution in [-0.4, -0.2) is 0 Å². The molecule has 0 aromatic carbocycles. The summed E-state index contributed by atoms with van der Waals surface area (Å²) in [5, 5.41) is 0. The Morgan fingerprint density at radius 2 is 1.75 bits per heavy atom. The van der Waals surface area contributed by atoms with Crippen LogP contribution in [0.3, 0.4) is 0 Å². The average molecular weight is 164 g/mol. The fraction of sp³-hybridized carbons (Fsp3) is 0.500. The molecular formula is C12H20. The van der Waals surface area contributed by atoms with E-state index in [1.54, 1.807) is 0 Å². The molecule has 0 aliphatic rings. The van der Waals surface area contributed by atoms with E-state index in [0.29, 0.717) is 0 Å². The highest BCUT2D eigenvalue weighted by atomic mass is 14.0. The summed E-state index contributed by atoms with van der Waals surface area (Å²) >= 11 is 0. The Morgan fingerprint density at radius 1 is 1.17 bits per heavy atom. The Balaban J connectivity index is 3.64. The molecule has 0 nitrogen and oxygen atoms in total. The lowest BCUT2D eigenvalue weighted by Crippen LogP contribution is -1.86. The van der Waals surface area contributed by atoms with E-state index in [-0.39, 0.29) is 0 Å². The van der Waals surface area contributed by atoms with Gasteiger partial charge in [-0.1, -0.05) is 49.8 Å². The molecule has 0 fully saturated rings. The molecule has 0 aliphatic heterocycles. The second-order valence-corrected chi connectivity index (χ2v) is 3.06. The van der Waals surface area contributed by atoms with E-state index in [1.165, 1.54) is 17.6 Å². The zero-order valence-electron chi connectivity index (χ0n) is 8.40.